The molecule has 4 rings (SSSR count). The molecule has 2 aromatic heterocycles. The summed E-state index contributed by atoms with van der Waals surface area (Å²) in [6.07, 6.45) is 6.92. The number of hydrogen-bond acceptors (Lipinski definition) is 7. The molecule has 1 aliphatic rings. The van der Waals surface area contributed by atoms with Gasteiger partial charge in [-0.3, -0.25) is 9.69 Å². The molecule has 1 fully saturated rings. The molecule has 1 aromatic carbocycles. The Balaban J connectivity index is 1.44. The Morgan fingerprint density at radius 1 is 1.23 bits per heavy atom. The molecule has 0 atom stereocenters. The van der Waals surface area contributed by atoms with Crippen LogP contribution in [0.15, 0.2) is 39.3 Å². The molecule has 0 bridgehead atoms. The van der Waals surface area contributed by atoms with Gasteiger partial charge in [0.1, 0.15) is 0 Å². The summed E-state index contributed by atoms with van der Waals surface area (Å²) in [6.45, 7) is 3.67. The third-order valence-corrected chi connectivity index (χ3v) is 7.11. The molecular formula is C22H26N4O2S2. The van der Waals surface area contributed by atoms with Crippen molar-refractivity contribution in [2.24, 2.45) is 0 Å². The van der Waals surface area contributed by atoms with Crippen LogP contribution in [0.2, 0.25) is 0 Å². The van der Waals surface area contributed by atoms with Crippen LogP contribution in [0.25, 0.3) is 0 Å². The summed E-state index contributed by atoms with van der Waals surface area (Å²) in [7, 11) is 0. The number of amides is 1. The van der Waals surface area contributed by atoms with E-state index in [0.717, 1.165) is 42.1 Å². The molecule has 0 unspecified atom stereocenters. The van der Waals surface area contributed by atoms with Gasteiger partial charge < -0.3 is 4.42 Å². The fourth-order valence-corrected chi connectivity index (χ4v) is 5.48. The molecule has 0 spiro atoms. The second kappa shape index (κ2) is 9.75. The SMILES string of the molecule is CCc1ccccc1N(C(C)=O)c1nc(CSc2nnc(C3CCCCC3)o2)cs1. The molecular weight excluding hydrogens is 416 g/mol. The monoisotopic (exact) mass is 442 g/mol. The lowest BCUT2D eigenvalue weighted by Crippen LogP contribution is -2.23. The van der Waals surface area contributed by atoms with Gasteiger partial charge in [-0.1, -0.05) is 56.1 Å². The van der Waals surface area contributed by atoms with E-state index in [2.05, 4.69) is 23.2 Å². The van der Waals surface area contributed by atoms with Gasteiger partial charge in [0.05, 0.1) is 11.4 Å². The Kier molecular flexibility index (Phi) is 6.84. The van der Waals surface area contributed by atoms with Crippen LogP contribution < -0.4 is 4.90 Å². The first-order valence-electron chi connectivity index (χ1n) is 10.4. The second-order valence-corrected chi connectivity index (χ2v) is 9.25. The molecule has 3 aromatic rings. The summed E-state index contributed by atoms with van der Waals surface area (Å²) in [5.74, 6) is 1.77. The van der Waals surface area contributed by atoms with Gasteiger partial charge in [0.25, 0.3) is 5.22 Å². The van der Waals surface area contributed by atoms with Gasteiger partial charge in [0.15, 0.2) is 5.13 Å². The maximum absolute atomic E-state index is 12.4. The number of benzene rings is 1. The number of carbonyl (C=O) groups excluding carboxylic acids is 1. The van der Waals surface area contributed by atoms with Gasteiger partial charge in [-0.05, 0) is 30.9 Å². The van der Waals surface area contributed by atoms with E-state index in [1.165, 1.54) is 42.4 Å². The summed E-state index contributed by atoms with van der Waals surface area (Å²) < 4.78 is 5.89. The number of thioether (sulfide) groups is 1. The van der Waals surface area contributed by atoms with E-state index in [4.69, 9.17) is 9.40 Å². The van der Waals surface area contributed by atoms with Gasteiger partial charge in [-0.2, -0.15) is 0 Å². The van der Waals surface area contributed by atoms with Crippen LogP contribution in [-0.2, 0) is 17.0 Å². The molecule has 1 amide bonds. The number of carbonyl (C=O) groups is 1. The standard InChI is InChI=1S/C22H26N4O2S2/c1-3-16-9-7-8-12-19(16)26(15(2)27)21-23-18(13-29-21)14-30-22-25-24-20(28-22)17-10-5-4-6-11-17/h7-9,12-13,17H,3-6,10-11,14H2,1-2H3. The zero-order chi connectivity index (χ0) is 20.9. The molecule has 8 heteroatoms. The van der Waals surface area contributed by atoms with Crippen LogP contribution in [0.3, 0.4) is 0 Å². The maximum atomic E-state index is 12.4. The summed E-state index contributed by atoms with van der Waals surface area (Å²) in [5, 5.41) is 11.7. The fraction of sp³-hybridized carbons (Fsp3) is 0.455. The average Bonchev–Trinajstić information content (AvgIpc) is 3.43. The lowest BCUT2D eigenvalue weighted by Gasteiger charge is -2.20. The van der Waals surface area contributed by atoms with Crippen molar-refractivity contribution in [2.75, 3.05) is 4.90 Å². The summed E-state index contributed by atoms with van der Waals surface area (Å²) in [5.41, 5.74) is 2.92. The normalized spacial score (nSPS) is 14.7. The molecule has 0 aliphatic heterocycles. The van der Waals surface area contributed by atoms with Crippen molar-refractivity contribution < 1.29 is 9.21 Å². The number of para-hydroxylation sites is 1. The molecule has 158 valence electrons. The van der Waals surface area contributed by atoms with Crippen LogP contribution in [0.5, 0.6) is 0 Å². The number of thiazole rings is 1. The van der Waals surface area contributed by atoms with E-state index in [1.54, 1.807) is 11.8 Å². The fourth-order valence-electron chi connectivity index (χ4n) is 3.83. The number of aryl methyl sites for hydroxylation is 1. The van der Waals surface area contributed by atoms with Crippen molar-refractivity contribution in [3.63, 3.8) is 0 Å². The minimum absolute atomic E-state index is 0.0431. The molecule has 0 radical (unpaired) electrons. The first kappa shape index (κ1) is 21.1. The molecule has 30 heavy (non-hydrogen) atoms. The topological polar surface area (TPSA) is 72.1 Å². The van der Waals surface area contributed by atoms with E-state index in [9.17, 15) is 4.79 Å². The van der Waals surface area contributed by atoms with Crippen molar-refractivity contribution in [1.29, 1.82) is 0 Å². The molecule has 2 heterocycles. The molecule has 1 aliphatic carbocycles. The van der Waals surface area contributed by atoms with Gasteiger partial charge in [0.2, 0.25) is 11.8 Å². The van der Waals surface area contributed by atoms with E-state index in [1.807, 2.05) is 23.6 Å². The van der Waals surface area contributed by atoms with Gasteiger partial charge in [-0.15, -0.1) is 21.5 Å². The smallest absolute Gasteiger partial charge is 0.276 e. The Bertz CT molecular complexity index is 994. The zero-order valence-corrected chi connectivity index (χ0v) is 19.0. The number of anilines is 2. The van der Waals surface area contributed by atoms with E-state index >= 15 is 0 Å². The van der Waals surface area contributed by atoms with Crippen LogP contribution in [-0.4, -0.2) is 21.1 Å². The number of hydrogen-bond donors (Lipinski definition) is 0. The first-order valence-corrected chi connectivity index (χ1v) is 12.3. The largest absolute Gasteiger partial charge is 0.416 e. The van der Waals surface area contributed by atoms with E-state index in [-0.39, 0.29) is 5.91 Å². The molecule has 0 saturated heterocycles. The van der Waals surface area contributed by atoms with Gasteiger partial charge >= 0.3 is 0 Å². The third kappa shape index (κ3) is 4.75. The quantitative estimate of drug-likeness (QED) is 0.411. The van der Waals surface area contributed by atoms with Gasteiger partial charge in [-0.25, -0.2) is 4.98 Å². The zero-order valence-electron chi connectivity index (χ0n) is 17.3. The molecule has 0 N–H and O–H groups in total. The highest BCUT2D eigenvalue weighted by Gasteiger charge is 2.22. The molecule has 1 saturated carbocycles. The number of aromatic nitrogens is 3. The number of nitrogens with zero attached hydrogens (tertiary/aromatic N) is 4. The lowest BCUT2D eigenvalue weighted by molar-refractivity contribution is -0.115. The first-order chi connectivity index (χ1) is 14.7. The number of rotatable bonds is 7. The van der Waals surface area contributed by atoms with Crippen LogP contribution in [0, 0.1) is 0 Å². The van der Waals surface area contributed by atoms with Crippen LogP contribution >= 0.6 is 23.1 Å². The summed E-state index contributed by atoms with van der Waals surface area (Å²) in [6, 6.07) is 7.97. The Hall–Kier alpha value is -2.19. The van der Waals surface area contributed by atoms with Gasteiger partial charge in [0, 0.05) is 24.0 Å². The van der Waals surface area contributed by atoms with Crippen molar-refractivity contribution in [3.05, 3.63) is 46.8 Å². The maximum Gasteiger partial charge on any atom is 0.276 e. The Morgan fingerprint density at radius 2 is 2.03 bits per heavy atom. The minimum Gasteiger partial charge on any atom is -0.416 e. The summed E-state index contributed by atoms with van der Waals surface area (Å²) in [4.78, 5) is 18.8. The third-order valence-electron chi connectivity index (χ3n) is 5.38. The van der Waals surface area contributed by atoms with E-state index < -0.39 is 0 Å². The predicted molar refractivity (Wildman–Crippen MR) is 120 cm³/mol. The Labute approximate surface area is 185 Å². The van der Waals surface area contributed by atoms with Crippen molar-refractivity contribution in [1.82, 2.24) is 15.2 Å². The summed E-state index contributed by atoms with van der Waals surface area (Å²) >= 11 is 2.97. The predicted octanol–water partition coefficient (Wildman–Crippen LogP) is 6.11. The van der Waals surface area contributed by atoms with Crippen molar-refractivity contribution in [3.8, 4) is 0 Å². The molecule has 6 nitrogen and oxygen atoms in total. The van der Waals surface area contributed by atoms with Crippen molar-refractivity contribution >= 4 is 39.8 Å². The highest BCUT2D eigenvalue weighted by Crippen LogP contribution is 2.35. The highest BCUT2D eigenvalue weighted by molar-refractivity contribution is 7.98. The second-order valence-electron chi connectivity index (χ2n) is 7.49. The Morgan fingerprint density at radius 3 is 2.80 bits per heavy atom. The highest BCUT2D eigenvalue weighted by atomic mass is 32.2. The average molecular weight is 443 g/mol. The minimum atomic E-state index is -0.0431. The lowest BCUT2D eigenvalue weighted by atomic mass is 9.89. The van der Waals surface area contributed by atoms with Crippen LogP contribution in [0.1, 0.15) is 69.0 Å². The van der Waals surface area contributed by atoms with Crippen LogP contribution in [0.4, 0.5) is 10.8 Å². The van der Waals surface area contributed by atoms with Crippen molar-refractivity contribution in [2.45, 2.75) is 69.3 Å². The van der Waals surface area contributed by atoms with E-state index in [0.29, 0.717) is 22.0 Å².